The first-order chi connectivity index (χ1) is 15.1. The van der Waals surface area contributed by atoms with Crippen molar-refractivity contribution in [3.8, 4) is 0 Å². The number of hydrogen-bond acceptors (Lipinski definition) is 6. The Morgan fingerprint density at radius 2 is 1.97 bits per heavy atom. The van der Waals surface area contributed by atoms with E-state index in [1.54, 1.807) is 30.2 Å². The van der Waals surface area contributed by atoms with Gasteiger partial charge in [0, 0.05) is 24.7 Å². The molecule has 0 spiro atoms. The predicted octanol–water partition coefficient (Wildman–Crippen LogP) is 3.37. The first-order valence-corrected chi connectivity index (χ1v) is 10.4. The number of carbonyl (C=O) groups is 1. The first kappa shape index (κ1) is 27.1. The van der Waals surface area contributed by atoms with Crippen LogP contribution in [-0.2, 0) is 4.79 Å². The molecule has 1 amide bonds. The summed E-state index contributed by atoms with van der Waals surface area (Å²) in [4.78, 5) is 21.5. The van der Waals surface area contributed by atoms with Crippen LogP contribution >= 0.6 is 0 Å². The maximum absolute atomic E-state index is 12.9. The summed E-state index contributed by atoms with van der Waals surface area (Å²) >= 11 is 0. The van der Waals surface area contributed by atoms with Gasteiger partial charge in [-0.05, 0) is 37.8 Å². The molecule has 1 heterocycles. The van der Waals surface area contributed by atoms with Gasteiger partial charge in [-0.2, -0.15) is 13.2 Å². The Morgan fingerprint density at radius 1 is 1.34 bits per heavy atom. The molecule has 1 saturated carbocycles. The summed E-state index contributed by atoms with van der Waals surface area (Å²) in [6, 6.07) is 0.154. The van der Waals surface area contributed by atoms with Gasteiger partial charge in [0.05, 0.1) is 12.2 Å². The van der Waals surface area contributed by atoms with E-state index >= 15 is 0 Å². The molecule has 0 bridgehead atoms. The van der Waals surface area contributed by atoms with Crippen LogP contribution in [0.3, 0.4) is 0 Å². The molecule has 1 aromatic rings. The minimum absolute atomic E-state index is 0.143. The molecule has 11 heteroatoms. The third-order valence-corrected chi connectivity index (χ3v) is 4.67. The van der Waals surface area contributed by atoms with E-state index in [0.29, 0.717) is 11.4 Å². The second-order valence-electron chi connectivity index (χ2n) is 7.27. The summed E-state index contributed by atoms with van der Waals surface area (Å²) in [6.07, 6.45) is 10.1. The van der Waals surface area contributed by atoms with Crippen LogP contribution in [0.1, 0.15) is 52.4 Å². The molecular formula is C21H32F3N7O. The van der Waals surface area contributed by atoms with E-state index in [0.717, 1.165) is 38.3 Å². The van der Waals surface area contributed by atoms with Gasteiger partial charge >= 0.3 is 6.18 Å². The zero-order chi connectivity index (χ0) is 24.1. The zero-order valence-electron chi connectivity index (χ0n) is 18.5. The maximum Gasteiger partial charge on any atom is 0.400 e. The van der Waals surface area contributed by atoms with Crippen molar-refractivity contribution < 1.29 is 18.0 Å². The lowest BCUT2D eigenvalue weighted by Gasteiger charge is -2.23. The fourth-order valence-electron chi connectivity index (χ4n) is 2.90. The highest BCUT2D eigenvalue weighted by Crippen LogP contribution is 2.18. The SMILES string of the molecule is CC/C=C(/N=C(C(=O)NC1CCCCC1)\C(N)=C(/C)C=N)n1ccnc1.NCC(F)(F)F. The molecule has 0 saturated heterocycles. The third-order valence-electron chi connectivity index (χ3n) is 4.67. The maximum atomic E-state index is 12.9. The standard InChI is InChI=1S/C19H28N6O.C2H4F3N/c1-3-7-16(25-11-10-22-13-25)24-18(17(21)14(2)12-20)19(26)23-15-8-5-4-6-9-15;3-2(4,5)1-6/h7,10-13,15,20H,3-6,8-9,21H2,1-2H3,(H,23,26);1,6H2/b16-7-,17-14-,20-12?,24-18+;. The molecule has 1 aliphatic carbocycles. The molecular weight excluding hydrogens is 423 g/mol. The van der Waals surface area contributed by atoms with Crippen LogP contribution in [0.15, 0.2) is 41.1 Å². The number of hydrogen-bond donors (Lipinski definition) is 4. The number of nitrogens with two attached hydrogens (primary N) is 2. The molecule has 0 atom stereocenters. The Morgan fingerprint density at radius 3 is 2.44 bits per heavy atom. The quantitative estimate of drug-likeness (QED) is 0.469. The zero-order valence-corrected chi connectivity index (χ0v) is 18.5. The summed E-state index contributed by atoms with van der Waals surface area (Å²) in [6.45, 7) is 2.47. The van der Waals surface area contributed by atoms with Gasteiger partial charge < -0.3 is 22.2 Å². The predicted molar refractivity (Wildman–Crippen MR) is 120 cm³/mol. The van der Waals surface area contributed by atoms with Crippen molar-refractivity contribution in [2.24, 2.45) is 16.5 Å². The Bertz CT molecular complexity index is 821. The van der Waals surface area contributed by atoms with Gasteiger partial charge in [-0.1, -0.05) is 26.2 Å². The van der Waals surface area contributed by atoms with Gasteiger partial charge in [-0.3, -0.25) is 9.36 Å². The van der Waals surface area contributed by atoms with Crippen LogP contribution in [0.4, 0.5) is 13.2 Å². The van der Waals surface area contributed by atoms with Crippen molar-refractivity contribution in [3.63, 3.8) is 0 Å². The molecule has 178 valence electrons. The monoisotopic (exact) mass is 455 g/mol. The fourth-order valence-corrected chi connectivity index (χ4v) is 2.90. The van der Waals surface area contributed by atoms with Gasteiger partial charge in [-0.15, -0.1) is 0 Å². The van der Waals surface area contributed by atoms with Gasteiger partial charge in [0.15, 0.2) is 5.71 Å². The molecule has 6 N–H and O–H groups in total. The van der Waals surface area contributed by atoms with Crippen molar-refractivity contribution >= 4 is 23.7 Å². The second-order valence-corrected chi connectivity index (χ2v) is 7.27. The van der Waals surface area contributed by atoms with Crippen molar-refractivity contribution in [2.75, 3.05) is 6.54 Å². The van der Waals surface area contributed by atoms with E-state index in [1.165, 1.54) is 6.42 Å². The van der Waals surface area contributed by atoms with E-state index < -0.39 is 12.7 Å². The van der Waals surface area contributed by atoms with E-state index in [1.807, 2.05) is 13.0 Å². The molecule has 32 heavy (non-hydrogen) atoms. The number of imidazole rings is 1. The van der Waals surface area contributed by atoms with Crippen LogP contribution in [0, 0.1) is 5.41 Å². The topological polar surface area (TPSA) is 135 Å². The van der Waals surface area contributed by atoms with Crippen LogP contribution < -0.4 is 16.8 Å². The molecule has 1 aromatic heterocycles. The number of nitrogens with zero attached hydrogens (tertiary/aromatic N) is 3. The highest BCUT2D eigenvalue weighted by Gasteiger charge is 2.23. The number of rotatable bonds is 7. The van der Waals surface area contributed by atoms with Gasteiger partial charge in [0.1, 0.15) is 12.1 Å². The van der Waals surface area contributed by atoms with Crippen LogP contribution in [0.5, 0.6) is 0 Å². The second kappa shape index (κ2) is 13.5. The lowest BCUT2D eigenvalue weighted by Crippen LogP contribution is -2.42. The van der Waals surface area contributed by atoms with Crippen molar-refractivity contribution in [3.05, 3.63) is 36.1 Å². The van der Waals surface area contributed by atoms with Gasteiger partial charge in [0.25, 0.3) is 5.91 Å². The number of alkyl halides is 3. The smallest absolute Gasteiger partial charge is 0.397 e. The molecule has 0 unspecified atom stereocenters. The molecule has 0 radical (unpaired) electrons. The largest absolute Gasteiger partial charge is 0.400 e. The van der Waals surface area contributed by atoms with Crippen LogP contribution in [0.2, 0.25) is 0 Å². The number of allylic oxidation sites excluding steroid dienone is 2. The summed E-state index contributed by atoms with van der Waals surface area (Å²) in [5.74, 6) is 0.289. The van der Waals surface area contributed by atoms with E-state index in [4.69, 9.17) is 11.1 Å². The fraction of sp³-hybridized carbons (Fsp3) is 0.524. The van der Waals surface area contributed by atoms with Crippen LogP contribution in [-0.4, -0.2) is 46.1 Å². The average Bonchev–Trinajstić information content (AvgIpc) is 3.31. The first-order valence-electron chi connectivity index (χ1n) is 10.4. The van der Waals surface area contributed by atoms with Crippen molar-refractivity contribution in [2.45, 2.75) is 64.6 Å². The van der Waals surface area contributed by atoms with Gasteiger partial charge in [-0.25, -0.2) is 9.98 Å². The number of carbonyl (C=O) groups excluding carboxylic acids is 1. The highest BCUT2D eigenvalue weighted by atomic mass is 19.4. The number of halogens is 3. The summed E-state index contributed by atoms with van der Waals surface area (Å²) in [5.41, 5.74) is 11.2. The lowest BCUT2D eigenvalue weighted by molar-refractivity contribution is -0.118. The average molecular weight is 456 g/mol. The van der Waals surface area contributed by atoms with E-state index in [2.05, 4.69) is 21.0 Å². The van der Waals surface area contributed by atoms with E-state index in [9.17, 15) is 18.0 Å². The lowest BCUT2D eigenvalue weighted by atomic mass is 9.95. The van der Waals surface area contributed by atoms with Crippen molar-refractivity contribution in [1.29, 1.82) is 5.41 Å². The summed E-state index contributed by atoms with van der Waals surface area (Å²) in [7, 11) is 0. The number of nitrogens with one attached hydrogen (secondary N) is 2. The minimum Gasteiger partial charge on any atom is -0.397 e. The Kier molecular flexibility index (Phi) is 11.4. The molecule has 0 aromatic carbocycles. The number of aromatic nitrogens is 2. The van der Waals surface area contributed by atoms with Gasteiger partial charge in [0.2, 0.25) is 0 Å². The normalized spacial score (nSPS) is 16.6. The highest BCUT2D eigenvalue weighted by molar-refractivity contribution is 6.46. The molecule has 8 nitrogen and oxygen atoms in total. The number of aliphatic imine (C=N–C) groups is 1. The summed E-state index contributed by atoms with van der Waals surface area (Å²) in [5, 5.41) is 10.5. The Hall–Kier alpha value is -2.95. The van der Waals surface area contributed by atoms with E-state index in [-0.39, 0.29) is 23.4 Å². The Balaban J connectivity index is 0.000000751. The molecule has 2 rings (SSSR count). The van der Waals surface area contributed by atoms with Crippen molar-refractivity contribution in [1.82, 2.24) is 14.9 Å². The molecule has 0 aliphatic heterocycles. The third kappa shape index (κ3) is 9.46. The van der Waals surface area contributed by atoms with Crippen LogP contribution in [0.25, 0.3) is 5.82 Å². The molecule has 1 fully saturated rings. The minimum atomic E-state index is -4.18. The number of amides is 1. The Labute approximate surface area is 186 Å². The summed E-state index contributed by atoms with van der Waals surface area (Å²) < 4.78 is 33.7. The molecule has 1 aliphatic rings.